The van der Waals surface area contributed by atoms with Crippen LogP contribution >= 0.6 is 35.3 Å². The Balaban J connectivity index is 0.00000364. The summed E-state index contributed by atoms with van der Waals surface area (Å²) in [6.07, 6.45) is -4.34. The van der Waals surface area contributed by atoms with Gasteiger partial charge in [-0.1, -0.05) is 0 Å². The van der Waals surface area contributed by atoms with Gasteiger partial charge in [-0.3, -0.25) is 4.99 Å². The maximum Gasteiger partial charge on any atom is 0.416 e. The molecular weight excluding hydrogens is 492 g/mol. The summed E-state index contributed by atoms with van der Waals surface area (Å²) in [5.74, 6) is 1.00. The van der Waals surface area contributed by atoms with E-state index < -0.39 is 11.7 Å². The highest BCUT2D eigenvalue weighted by Crippen LogP contribution is 2.30. The number of ether oxygens (including phenoxy) is 1. The molecule has 0 radical (unpaired) electrons. The highest BCUT2D eigenvalue weighted by atomic mass is 127. The van der Waals surface area contributed by atoms with E-state index in [2.05, 4.69) is 20.6 Å². The molecule has 0 aliphatic rings. The molecule has 0 fully saturated rings. The van der Waals surface area contributed by atoms with E-state index in [1.165, 1.54) is 12.1 Å². The molecule has 0 saturated carbocycles. The van der Waals surface area contributed by atoms with Crippen molar-refractivity contribution in [1.82, 2.24) is 15.6 Å². The van der Waals surface area contributed by atoms with Gasteiger partial charge in [0, 0.05) is 11.9 Å². The van der Waals surface area contributed by atoms with Crippen LogP contribution in [0.1, 0.15) is 21.1 Å². The molecule has 2 aromatic rings. The molecule has 1 aromatic carbocycles. The first-order chi connectivity index (χ1) is 12.3. The smallest absolute Gasteiger partial charge is 0.416 e. The highest BCUT2D eigenvalue weighted by Gasteiger charge is 2.29. The minimum absolute atomic E-state index is 0. The van der Waals surface area contributed by atoms with Crippen LogP contribution in [0.25, 0.3) is 0 Å². The first-order valence-corrected chi connectivity index (χ1v) is 8.78. The number of thiazole rings is 1. The number of aliphatic imine (C=N–C) groups is 1. The lowest BCUT2D eigenvalue weighted by molar-refractivity contribution is -0.137. The number of nitrogens with one attached hydrogen (secondary N) is 2. The summed E-state index contributed by atoms with van der Waals surface area (Å²) < 4.78 is 42.9. The van der Waals surface area contributed by atoms with Gasteiger partial charge in [0.05, 0.1) is 29.4 Å². The van der Waals surface area contributed by atoms with E-state index in [0.717, 1.165) is 27.7 Å². The van der Waals surface area contributed by atoms with Crippen LogP contribution in [0.4, 0.5) is 13.2 Å². The third-order valence-corrected chi connectivity index (χ3v) is 4.56. The van der Waals surface area contributed by atoms with Gasteiger partial charge in [0.25, 0.3) is 0 Å². The Kier molecular flexibility index (Phi) is 9.30. The molecule has 0 bridgehead atoms. The fourth-order valence-corrected chi connectivity index (χ4v) is 3.08. The fourth-order valence-electron chi connectivity index (χ4n) is 2.20. The molecule has 0 aliphatic heterocycles. The van der Waals surface area contributed by atoms with Crippen molar-refractivity contribution in [3.05, 3.63) is 45.4 Å². The topological polar surface area (TPSA) is 58.5 Å². The van der Waals surface area contributed by atoms with Gasteiger partial charge in [-0.05, 0) is 38.1 Å². The number of aromatic nitrogens is 1. The third kappa shape index (κ3) is 7.53. The van der Waals surface area contributed by atoms with Gasteiger partial charge in [-0.15, -0.1) is 35.3 Å². The van der Waals surface area contributed by atoms with Gasteiger partial charge in [-0.2, -0.15) is 13.2 Å². The fraction of sp³-hybridized carbons (Fsp3) is 0.412. The number of benzene rings is 1. The van der Waals surface area contributed by atoms with Gasteiger partial charge in [-0.25, -0.2) is 4.98 Å². The zero-order valence-electron chi connectivity index (χ0n) is 15.2. The number of nitrogens with zero attached hydrogens (tertiary/aromatic N) is 2. The van der Waals surface area contributed by atoms with E-state index in [-0.39, 0.29) is 24.0 Å². The molecule has 27 heavy (non-hydrogen) atoms. The number of halogens is 4. The molecule has 2 N–H and O–H groups in total. The van der Waals surface area contributed by atoms with Crippen LogP contribution in [0.2, 0.25) is 0 Å². The Labute approximate surface area is 177 Å². The minimum Gasteiger partial charge on any atom is -0.492 e. The normalized spacial score (nSPS) is 11.7. The molecule has 1 aromatic heterocycles. The lowest BCUT2D eigenvalue weighted by Gasteiger charge is -2.12. The Hall–Kier alpha value is -1.56. The first kappa shape index (κ1) is 23.5. The van der Waals surface area contributed by atoms with Crippen molar-refractivity contribution in [2.75, 3.05) is 20.2 Å². The molecule has 10 heteroatoms. The Bertz CT molecular complexity index is 748. The van der Waals surface area contributed by atoms with Crippen LogP contribution in [0.15, 0.2) is 29.3 Å². The van der Waals surface area contributed by atoms with Gasteiger partial charge < -0.3 is 15.4 Å². The van der Waals surface area contributed by atoms with E-state index in [4.69, 9.17) is 4.74 Å². The van der Waals surface area contributed by atoms with Crippen molar-refractivity contribution in [2.24, 2.45) is 4.99 Å². The predicted molar refractivity (Wildman–Crippen MR) is 112 cm³/mol. The van der Waals surface area contributed by atoms with E-state index in [9.17, 15) is 13.2 Å². The van der Waals surface area contributed by atoms with Crippen molar-refractivity contribution < 1.29 is 17.9 Å². The zero-order valence-corrected chi connectivity index (χ0v) is 18.3. The van der Waals surface area contributed by atoms with E-state index in [1.807, 2.05) is 13.8 Å². The molecule has 0 atom stereocenters. The molecule has 1 heterocycles. The van der Waals surface area contributed by atoms with E-state index in [1.54, 1.807) is 18.4 Å². The summed E-state index contributed by atoms with van der Waals surface area (Å²) in [6.45, 7) is 5.31. The van der Waals surface area contributed by atoms with Crippen LogP contribution in [-0.2, 0) is 12.7 Å². The van der Waals surface area contributed by atoms with E-state index in [0.29, 0.717) is 31.4 Å². The number of rotatable bonds is 6. The van der Waals surface area contributed by atoms with Gasteiger partial charge in [0.15, 0.2) is 5.96 Å². The number of hydrogen-bond acceptors (Lipinski definition) is 4. The van der Waals surface area contributed by atoms with Crippen LogP contribution in [-0.4, -0.2) is 31.1 Å². The van der Waals surface area contributed by atoms with Crippen molar-refractivity contribution >= 4 is 41.3 Å². The lowest BCUT2D eigenvalue weighted by atomic mass is 10.2. The number of aryl methyl sites for hydroxylation is 2. The van der Waals surface area contributed by atoms with E-state index >= 15 is 0 Å². The monoisotopic (exact) mass is 514 g/mol. The second-order valence-electron chi connectivity index (χ2n) is 5.46. The summed E-state index contributed by atoms with van der Waals surface area (Å²) in [6, 6.07) is 4.63. The molecule has 0 amide bonds. The highest BCUT2D eigenvalue weighted by molar-refractivity contribution is 14.0. The summed E-state index contributed by atoms with van der Waals surface area (Å²) in [4.78, 5) is 9.64. The maximum absolute atomic E-state index is 12.5. The van der Waals surface area contributed by atoms with Gasteiger partial charge in [0.2, 0.25) is 0 Å². The Morgan fingerprint density at radius 1 is 1.19 bits per heavy atom. The molecule has 0 unspecified atom stereocenters. The quantitative estimate of drug-likeness (QED) is 0.264. The molecule has 0 saturated heterocycles. The molecule has 0 aliphatic carbocycles. The second kappa shape index (κ2) is 10.7. The van der Waals surface area contributed by atoms with Crippen molar-refractivity contribution in [3.63, 3.8) is 0 Å². The first-order valence-electron chi connectivity index (χ1n) is 7.97. The standard InChI is InChI=1S/C17H21F3N4OS.HI/c1-11-15(26-12(2)24-11)10-23-16(21-3)22-8-9-25-14-6-4-13(5-7-14)17(18,19)20;/h4-7H,8-10H2,1-3H3,(H2,21,22,23);1H. The SMILES string of the molecule is CN=C(NCCOc1ccc(C(F)(F)F)cc1)NCc1sc(C)nc1C.I. The molecule has 2 rings (SSSR count). The zero-order chi connectivity index (χ0) is 19.2. The molecular formula is C17H22F3IN4OS. The van der Waals surface area contributed by atoms with Crippen LogP contribution in [0.5, 0.6) is 5.75 Å². The average molecular weight is 514 g/mol. The Morgan fingerprint density at radius 3 is 2.37 bits per heavy atom. The maximum atomic E-state index is 12.5. The molecule has 5 nitrogen and oxygen atoms in total. The molecule has 0 spiro atoms. The second-order valence-corrected chi connectivity index (χ2v) is 6.75. The van der Waals surface area contributed by atoms with Crippen molar-refractivity contribution in [2.45, 2.75) is 26.6 Å². The van der Waals surface area contributed by atoms with Crippen LogP contribution in [0.3, 0.4) is 0 Å². The lowest BCUT2D eigenvalue weighted by Crippen LogP contribution is -2.38. The number of hydrogen-bond donors (Lipinski definition) is 2. The number of guanidine groups is 1. The average Bonchev–Trinajstić information content (AvgIpc) is 2.91. The summed E-state index contributed by atoms with van der Waals surface area (Å²) >= 11 is 1.63. The minimum atomic E-state index is -4.34. The summed E-state index contributed by atoms with van der Waals surface area (Å²) in [7, 11) is 1.66. The Morgan fingerprint density at radius 2 is 1.85 bits per heavy atom. The third-order valence-electron chi connectivity index (χ3n) is 3.48. The summed E-state index contributed by atoms with van der Waals surface area (Å²) in [5.41, 5.74) is 0.308. The van der Waals surface area contributed by atoms with Crippen LogP contribution in [0, 0.1) is 13.8 Å². The van der Waals surface area contributed by atoms with Gasteiger partial charge in [0.1, 0.15) is 12.4 Å². The summed E-state index contributed by atoms with van der Waals surface area (Å²) in [5, 5.41) is 7.30. The van der Waals surface area contributed by atoms with Crippen LogP contribution < -0.4 is 15.4 Å². The van der Waals surface area contributed by atoms with Crippen molar-refractivity contribution in [3.8, 4) is 5.75 Å². The van der Waals surface area contributed by atoms with Crippen molar-refractivity contribution in [1.29, 1.82) is 0 Å². The number of alkyl halides is 3. The molecule has 150 valence electrons. The van der Waals surface area contributed by atoms with Gasteiger partial charge >= 0.3 is 6.18 Å². The largest absolute Gasteiger partial charge is 0.492 e. The predicted octanol–water partition coefficient (Wildman–Crippen LogP) is 4.14.